The number of benzene rings is 2. The second kappa shape index (κ2) is 6.91. The van der Waals surface area contributed by atoms with Crippen LogP contribution in [-0.4, -0.2) is 25.7 Å². The second-order valence-corrected chi connectivity index (χ2v) is 7.77. The maximum atomic E-state index is 11.8. The molecule has 6 heteroatoms. The van der Waals surface area contributed by atoms with E-state index in [1.807, 2.05) is 48.1 Å². The number of fused-ring (bicyclic) bond motifs is 1. The fourth-order valence-electron chi connectivity index (χ4n) is 3.94. The number of anilines is 2. The minimum Gasteiger partial charge on any atom is -0.507 e. The average Bonchev–Trinajstić information content (AvgIpc) is 3.51. The van der Waals surface area contributed by atoms with E-state index < -0.39 is 5.97 Å². The van der Waals surface area contributed by atoms with E-state index >= 15 is 0 Å². The Morgan fingerprint density at radius 2 is 1.93 bits per heavy atom. The Morgan fingerprint density at radius 1 is 1.13 bits per heavy atom. The summed E-state index contributed by atoms with van der Waals surface area (Å²) < 4.78 is 2.01. The van der Waals surface area contributed by atoms with E-state index in [2.05, 4.69) is 10.3 Å². The van der Waals surface area contributed by atoms with Gasteiger partial charge in [-0.3, -0.25) is 0 Å². The quantitative estimate of drug-likeness (QED) is 0.426. The Morgan fingerprint density at radius 3 is 2.67 bits per heavy atom. The molecule has 0 spiro atoms. The molecule has 2 heterocycles. The van der Waals surface area contributed by atoms with Gasteiger partial charge < -0.3 is 20.1 Å². The van der Waals surface area contributed by atoms with Gasteiger partial charge in [0.25, 0.3) is 0 Å². The maximum absolute atomic E-state index is 11.8. The van der Waals surface area contributed by atoms with Gasteiger partial charge in [-0.1, -0.05) is 18.2 Å². The number of nitrogens with zero attached hydrogens (tertiary/aromatic N) is 2. The summed E-state index contributed by atoms with van der Waals surface area (Å²) in [5.74, 6) is -0.0760. The summed E-state index contributed by atoms with van der Waals surface area (Å²) >= 11 is 0. The Labute approximate surface area is 173 Å². The fraction of sp³-hybridized carbons (Fsp3) is 0.167. The van der Waals surface area contributed by atoms with Crippen molar-refractivity contribution in [2.75, 3.05) is 5.32 Å². The van der Waals surface area contributed by atoms with Crippen LogP contribution in [0.3, 0.4) is 0 Å². The zero-order chi connectivity index (χ0) is 20.8. The predicted octanol–water partition coefficient (Wildman–Crippen LogP) is 5.27. The number of para-hydroxylation sites is 1. The summed E-state index contributed by atoms with van der Waals surface area (Å²) in [6.07, 6.45) is 5.89. The summed E-state index contributed by atoms with van der Waals surface area (Å²) in [6, 6.07) is 14.8. The number of phenolic OH excluding ortho intramolecular Hbond substituents is 1. The number of carboxylic acid groups (broad SMARTS) is 1. The van der Waals surface area contributed by atoms with Gasteiger partial charge in [0.05, 0.1) is 5.52 Å². The standard InChI is InChI=1S/C24H21N3O3/c1-27-9-8-15-10-17(12-19(22(15)27)18-4-2-3-5-21(18)28)26-23-20(24(29)30)11-16(13-25-23)14-6-7-14/h2-5,8-14,28H,6-7H2,1H3,(H,25,26)(H,29,30). The Bertz CT molecular complexity index is 1290. The Balaban J connectivity index is 1.63. The molecular weight excluding hydrogens is 378 g/mol. The van der Waals surface area contributed by atoms with Crippen LogP contribution in [0.5, 0.6) is 5.75 Å². The van der Waals surface area contributed by atoms with Crippen LogP contribution in [0.25, 0.3) is 22.0 Å². The van der Waals surface area contributed by atoms with E-state index in [0.29, 0.717) is 23.0 Å². The van der Waals surface area contributed by atoms with Gasteiger partial charge in [0, 0.05) is 41.6 Å². The number of nitrogens with one attached hydrogen (secondary N) is 1. The van der Waals surface area contributed by atoms with E-state index in [4.69, 9.17) is 0 Å². The topological polar surface area (TPSA) is 87.4 Å². The number of phenols is 1. The molecule has 5 rings (SSSR count). The molecule has 0 amide bonds. The summed E-state index contributed by atoms with van der Waals surface area (Å²) in [5.41, 5.74) is 4.40. The van der Waals surface area contributed by atoms with Gasteiger partial charge in [-0.05, 0) is 54.7 Å². The number of pyridine rings is 1. The molecule has 1 saturated carbocycles. The third-order valence-corrected chi connectivity index (χ3v) is 5.61. The zero-order valence-corrected chi connectivity index (χ0v) is 16.5. The third kappa shape index (κ3) is 3.16. The first-order valence-corrected chi connectivity index (χ1v) is 9.89. The lowest BCUT2D eigenvalue weighted by Crippen LogP contribution is -2.06. The third-order valence-electron chi connectivity index (χ3n) is 5.61. The van der Waals surface area contributed by atoms with E-state index in [1.165, 1.54) is 0 Å². The number of hydrogen-bond donors (Lipinski definition) is 3. The van der Waals surface area contributed by atoms with Crippen LogP contribution in [0.15, 0.2) is 60.9 Å². The normalized spacial score (nSPS) is 13.5. The van der Waals surface area contributed by atoms with Crippen LogP contribution in [0, 0.1) is 0 Å². The van der Waals surface area contributed by atoms with Crippen LogP contribution < -0.4 is 5.32 Å². The second-order valence-electron chi connectivity index (χ2n) is 7.77. The molecule has 1 aliphatic carbocycles. The Kier molecular flexibility index (Phi) is 4.20. The van der Waals surface area contributed by atoms with Crippen molar-refractivity contribution in [2.24, 2.45) is 7.05 Å². The average molecular weight is 399 g/mol. The first-order valence-electron chi connectivity index (χ1n) is 9.89. The highest BCUT2D eigenvalue weighted by molar-refractivity contribution is 6.00. The van der Waals surface area contributed by atoms with Crippen molar-refractivity contribution in [3.63, 3.8) is 0 Å². The summed E-state index contributed by atoms with van der Waals surface area (Å²) in [4.78, 5) is 16.3. The van der Waals surface area contributed by atoms with E-state index in [1.54, 1.807) is 24.4 Å². The number of carbonyl (C=O) groups is 1. The number of rotatable bonds is 5. The van der Waals surface area contributed by atoms with Crippen LogP contribution in [0.2, 0.25) is 0 Å². The van der Waals surface area contributed by atoms with Gasteiger partial charge in [-0.25, -0.2) is 9.78 Å². The van der Waals surface area contributed by atoms with Crippen molar-refractivity contribution in [3.05, 3.63) is 72.1 Å². The lowest BCUT2D eigenvalue weighted by Gasteiger charge is -2.14. The maximum Gasteiger partial charge on any atom is 0.339 e. The van der Waals surface area contributed by atoms with Crippen LogP contribution in [0.4, 0.5) is 11.5 Å². The molecule has 6 nitrogen and oxygen atoms in total. The van der Waals surface area contributed by atoms with Crippen molar-refractivity contribution in [3.8, 4) is 16.9 Å². The van der Waals surface area contributed by atoms with Crippen molar-refractivity contribution < 1.29 is 15.0 Å². The van der Waals surface area contributed by atoms with Gasteiger partial charge >= 0.3 is 5.97 Å². The van der Waals surface area contributed by atoms with Crippen LogP contribution in [0.1, 0.15) is 34.7 Å². The van der Waals surface area contributed by atoms with Crippen molar-refractivity contribution >= 4 is 28.4 Å². The molecule has 150 valence electrons. The van der Waals surface area contributed by atoms with Gasteiger partial charge in [-0.15, -0.1) is 0 Å². The van der Waals surface area contributed by atoms with E-state index in [-0.39, 0.29) is 11.3 Å². The smallest absolute Gasteiger partial charge is 0.339 e. The molecule has 2 aromatic carbocycles. The van der Waals surface area contributed by atoms with Crippen molar-refractivity contribution in [1.29, 1.82) is 0 Å². The van der Waals surface area contributed by atoms with Gasteiger partial charge in [-0.2, -0.15) is 0 Å². The molecule has 4 aromatic rings. The highest BCUT2D eigenvalue weighted by atomic mass is 16.4. The molecule has 0 bridgehead atoms. The largest absolute Gasteiger partial charge is 0.507 e. The fourth-order valence-corrected chi connectivity index (χ4v) is 3.94. The molecule has 30 heavy (non-hydrogen) atoms. The molecule has 0 saturated heterocycles. The number of aromatic hydroxyl groups is 1. The summed E-state index contributed by atoms with van der Waals surface area (Å²) in [6.45, 7) is 0. The van der Waals surface area contributed by atoms with Crippen molar-refractivity contribution in [1.82, 2.24) is 9.55 Å². The molecule has 0 unspecified atom stereocenters. The molecule has 0 radical (unpaired) electrons. The highest BCUT2D eigenvalue weighted by Crippen LogP contribution is 2.41. The molecule has 1 fully saturated rings. The minimum atomic E-state index is -1.01. The van der Waals surface area contributed by atoms with Crippen LogP contribution in [-0.2, 0) is 7.05 Å². The van der Waals surface area contributed by atoms with Gasteiger partial charge in [0.2, 0.25) is 0 Å². The van der Waals surface area contributed by atoms with E-state index in [9.17, 15) is 15.0 Å². The number of aryl methyl sites for hydroxylation is 1. The Hall–Kier alpha value is -3.80. The monoisotopic (exact) mass is 399 g/mol. The number of aromatic carboxylic acids is 1. The number of hydrogen-bond acceptors (Lipinski definition) is 4. The first kappa shape index (κ1) is 18.2. The molecule has 1 aliphatic rings. The predicted molar refractivity (Wildman–Crippen MR) is 116 cm³/mol. The molecule has 0 atom stereocenters. The van der Waals surface area contributed by atoms with Gasteiger partial charge in [0.15, 0.2) is 0 Å². The number of aromatic nitrogens is 2. The van der Waals surface area contributed by atoms with Gasteiger partial charge in [0.1, 0.15) is 17.1 Å². The molecular formula is C24H21N3O3. The minimum absolute atomic E-state index is 0.164. The lowest BCUT2D eigenvalue weighted by atomic mass is 10.0. The van der Waals surface area contributed by atoms with E-state index in [0.717, 1.165) is 34.9 Å². The summed E-state index contributed by atoms with van der Waals surface area (Å²) in [5, 5.41) is 24.3. The highest BCUT2D eigenvalue weighted by Gasteiger charge is 2.26. The molecule has 2 aromatic heterocycles. The first-order chi connectivity index (χ1) is 14.5. The molecule has 0 aliphatic heterocycles. The molecule has 3 N–H and O–H groups in total. The lowest BCUT2D eigenvalue weighted by molar-refractivity contribution is 0.0697. The summed E-state index contributed by atoms with van der Waals surface area (Å²) in [7, 11) is 1.96. The zero-order valence-electron chi connectivity index (χ0n) is 16.5. The SMILES string of the molecule is Cn1ccc2cc(Nc3ncc(C4CC4)cc3C(=O)O)cc(-c3ccccc3O)c21. The van der Waals surface area contributed by atoms with Crippen LogP contribution >= 0.6 is 0 Å². The van der Waals surface area contributed by atoms with Crippen molar-refractivity contribution in [2.45, 2.75) is 18.8 Å². The number of carboxylic acids is 1.